The van der Waals surface area contributed by atoms with E-state index in [0.29, 0.717) is 33.8 Å². The molecule has 2 aromatic carbocycles. The Morgan fingerprint density at radius 2 is 2.04 bits per heavy atom. The van der Waals surface area contributed by atoms with Crippen molar-refractivity contribution in [1.82, 2.24) is 0 Å². The minimum absolute atomic E-state index is 0.116. The van der Waals surface area contributed by atoms with Crippen molar-refractivity contribution >= 4 is 46.4 Å². The SMILES string of the molecule is CCOc1ccccc1N1CC(C(=O)Nc2cc(Cl)ccc2Cl)CC1=O. The average molecular weight is 393 g/mol. The van der Waals surface area contributed by atoms with Gasteiger partial charge in [-0.1, -0.05) is 35.3 Å². The fourth-order valence-electron chi connectivity index (χ4n) is 2.90. The molecule has 1 aliphatic heterocycles. The molecule has 1 saturated heterocycles. The van der Waals surface area contributed by atoms with Crippen molar-refractivity contribution in [1.29, 1.82) is 0 Å². The van der Waals surface area contributed by atoms with Gasteiger partial charge in [-0.15, -0.1) is 0 Å². The van der Waals surface area contributed by atoms with Crippen LogP contribution in [0.2, 0.25) is 10.0 Å². The summed E-state index contributed by atoms with van der Waals surface area (Å²) in [5.74, 6) is -0.233. The predicted molar refractivity (Wildman–Crippen MR) is 103 cm³/mol. The molecule has 1 unspecified atom stereocenters. The first-order valence-corrected chi connectivity index (χ1v) is 9.03. The van der Waals surface area contributed by atoms with Crippen LogP contribution in [0.5, 0.6) is 5.75 Å². The zero-order valence-corrected chi connectivity index (χ0v) is 15.7. The van der Waals surface area contributed by atoms with Gasteiger partial charge in [0.05, 0.1) is 28.9 Å². The van der Waals surface area contributed by atoms with E-state index >= 15 is 0 Å². The van der Waals surface area contributed by atoms with Crippen molar-refractivity contribution in [3.8, 4) is 5.75 Å². The Hall–Kier alpha value is -2.24. The number of hydrogen-bond donors (Lipinski definition) is 1. The van der Waals surface area contributed by atoms with E-state index in [2.05, 4.69) is 5.32 Å². The summed E-state index contributed by atoms with van der Waals surface area (Å²) in [5, 5.41) is 3.63. The minimum atomic E-state index is -0.479. The van der Waals surface area contributed by atoms with Crippen molar-refractivity contribution < 1.29 is 14.3 Å². The molecule has 7 heteroatoms. The normalized spacial score (nSPS) is 16.7. The number of rotatable bonds is 5. The third kappa shape index (κ3) is 3.94. The van der Waals surface area contributed by atoms with Crippen LogP contribution in [0.1, 0.15) is 13.3 Å². The number of para-hydroxylation sites is 2. The molecule has 0 bridgehead atoms. The summed E-state index contributed by atoms with van der Waals surface area (Å²) in [7, 11) is 0. The Balaban J connectivity index is 1.75. The van der Waals surface area contributed by atoms with Gasteiger partial charge in [-0.2, -0.15) is 0 Å². The number of amides is 2. The molecule has 0 aliphatic carbocycles. The standard InChI is InChI=1S/C19H18Cl2N2O3/c1-2-26-17-6-4-3-5-16(17)23-11-12(9-18(23)24)19(25)22-15-10-13(20)7-8-14(15)21/h3-8,10,12H,2,9,11H2,1H3,(H,22,25). The van der Waals surface area contributed by atoms with E-state index in [1.807, 2.05) is 31.2 Å². The molecule has 1 fully saturated rings. The topological polar surface area (TPSA) is 58.6 Å². The average Bonchev–Trinajstić information content (AvgIpc) is 3.01. The first-order chi connectivity index (χ1) is 12.5. The molecule has 0 aromatic heterocycles. The van der Waals surface area contributed by atoms with Crippen LogP contribution in [-0.2, 0) is 9.59 Å². The number of hydrogen-bond acceptors (Lipinski definition) is 3. The lowest BCUT2D eigenvalue weighted by Crippen LogP contribution is -2.28. The number of nitrogens with one attached hydrogen (secondary N) is 1. The van der Waals surface area contributed by atoms with Gasteiger partial charge < -0.3 is 15.0 Å². The number of benzene rings is 2. The minimum Gasteiger partial charge on any atom is -0.492 e. The summed E-state index contributed by atoms with van der Waals surface area (Å²) in [6.07, 6.45) is 0.129. The summed E-state index contributed by atoms with van der Waals surface area (Å²) in [6.45, 7) is 2.66. The Morgan fingerprint density at radius 3 is 2.81 bits per heavy atom. The lowest BCUT2D eigenvalue weighted by Gasteiger charge is -2.20. The summed E-state index contributed by atoms with van der Waals surface area (Å²) in [4.78, 5) is 26.6. The molecular formula is C19H18Cl2N2O3. The molecule has 0 spiro atoms. The van der Waals surface area contributed by atoms with Crippen LogP contribution in [0.15, 0.2) is 42.5 Å². The Kier molecular flexibility index (Phi) is 5.69. The van der Waals surface area contributed by atoms with E-state index in [9.17, 15) is 9.59 Å². The fraction of sp³-hybridized carbons (Fsp3) is 0.263. The maximum absolute atomic E-state index is 12.6. The maximum atomic E-state index is 12.6. The molecule has 1 heterocycles. The molecule has 3 rings (SSSR count). The lowest BCUT2D eigenvalue weighted by molar-refractivity contribution is -0.122. The Labute approximate surface area is 161 Å². The summed E-state index contributed by atoms with van der Waals surface area (Å²) >= 11 is 12.0. The van der Waals surface area contributed by atoms with Gasteiger partial charge in [0.15, 0.2) is 0 Å². The molecule has 2 amide bonds. The molecule has 2 aromatic rings. The summed E-state index contributed by atoms with van der Waals surface area (Å²) in [6, 6.07) is 12.2. The van der Waals surface area contributed by atoms with Gasteiger partial charge in [-0.25, -0.2) is 0 Å². The van der Waals surface area contributed by atoms with Gasteiger partial charge in [-0.05, 0) is 37.3 Å². The highest BCUT2D eigenvalue weighted by Gasteiger charge is 2.36. The highest BCUT2D eigenvalue weighted by atomic mass is 35.5. The van der Waals surface area contributed by atoms with Crippen molar-refractivity contribution in [3.63, 3.8) is 0 Å². The highest BCUT2D eigenvalue weighted by molar-refractivity contribution is 6.35. The first kappa shape index (κ1) is 18.5. The molecule has 0 saturated carbocycles. The van der Waals surface area contributed by atoms with Gasteiger partial charge in [-0.3, -0.25) is 9.59 Å². The largest absolute Gasteiger partial charge is 0.492 e. The summed E-state index contributed by atoms with van der Waals surface area (Å²) < 4.78 is 5.59. The predicted octanol–water partition coefficient (Wildman–Crippen LogP) is 4.38. The molecule has 1 N–H and O–H groups in total. The fourth-order valence-corrected chi connectivity index (χ4v) is 3.24. The van der Waals surface area contributed by atoms with Crippen LogP contribution in [0, 0.1) is 5.92 Å². The zero-order chi connectivity index (χ0) is 18.7. The maximum Gasteiger partial charge on any atom is 0.229 e. The van der Waals surface area contributed by atoms with Crippen LogP contribution in [-0.4, -0.2) is 25.0 Å². The third-order valence-electron chi connectivity index (χ3n) is 4.14. The van der Waals surface area contributed by atoms with E-state index in [4.69, 9.17) is 27.9 Å². The monoisotopic (exact) mass is 392 g/mol. The van der Waals surface area contributed by atoms with Gasteiger partial charge in [0.1, 0.15) is 5.75 Å². The quantitative estimate of drug-likeness (QED) is 0.820. The molecule has 5 nitrogen and oxygen atoms in total. The number of carbonyl (C=O) groups excluding carboxylic acids is 2. The summed E-state index contributed by atoms with van der Waals surface area (Å²) in [5.41, 5.74) is 1.11. The second kappa shape index (κ2) is 7.98. The van der Waals surface area contributed by atoms with Crippen LogP contribution in [0.3, 0.4) is 0 Å². The van der Waals surface area contributed by atoms with Crippen molar-refractivity contribution in [2.75, 3.05) is 23.4 Å². The van der Waals surface area contributed by atoms with E-state index in [1.165, 1.54) is 0 Å². The first-order valence-electron chi connectivity index (χ1n) is 8.27. The molecule has 26 heavy (non-hydrogen) atoms. The molecule has 136 valence electrons. The Morgan fingerprint density at radius 1 is 1.27 bits per heavy atom. The van der Waals surface area contributed by atoms with Crippen molar-refractivity contribution in [2.24, 2.45) is 5.92 Å². The second-order valence-corrected chi connectivity index (χ2v) is 6.76. The lowest BCUT2D eigenvalue weighted by atomic mass is 10.1. The van der Waals surface area contributed by atoms with Crippen molar-refractivity contribution in [3.05, 3.63) is 52.5 Å². The second-order valence-electron chi connectivity index (χ2n) is 5.92. The molecule has 1 aliphatic rings. The highest BCUT2D eigenvalue weighted by Crippen LogP contribution is 2.34. The molecule has 0 radical (unpaired) electrons. The number of ether oxygens (including phenoxy) is 1. The molecular weight excluding hydrogens is 375 g/mol. The van der Waals surface area contributed by atoms with Gasteiger partial charge >= 0.3 is 0 Å². The van der Waals surface area contributed by atoms with E-state index in [1.54, 1.807) is 23.1 Å². The van der Waals surface area contributed by atoms with E-state index in [-0.39, 0.29) is 24.8 Å². The van der Waals surface area contributed by atoms with Crippen molar-refractivity contribution in [2.45, 2.75) is 13.3 Å². The smallest absolute Gasteiger partial charge is 0.229 e. The van der Waals surface area contributed by atoms with E-state index < -0.39 is 5.92 Å². The number of carbonyl (C=O) groups is 2. The van der Waals surface area contributed by atoms with Gasteiger partial charge in [0.2, 0.25) is 11.8 Å². The van der Waals surface area contributed by atoms with E-state index in [0.717, 1.165) is 0 Å². The van der Waals surface area contributed by atoms with Gasteiger partial charge in [0, 0.05) is 18.0 Å². The number of halogens is 2. The number of nitrogens with zero attached hydrogens (tertiary/aromatic N) is 1. The zero-order valence-electron chi connectivity index (χ0n) is 14.2. The number of anilines is 2. The third-order valence-corrected chi connectivity index (χ3v) is 4.70. The molecule has 1 atom stereocenters. The van der Waals surface area contributed by atoms with Gasteiger partial charge in [0.25, 0.3) is 0 Å². The Bertz CT molecular complexity index is 841. The van der Waals surface area contributed by atoms with Crippen LogP contribution in [0.4, 0.5) is 11.4 Å². The van der Waals surface area contributed by atoms with Crippen LogP contribution < -0.4 is 15.0 Å². The van der Waals surface area contributed by atoms with Crippen LogP contribution in [0.25, 0.3) is 0 Å². The van der Waals surface area contributed by atoms with Crippen LogP contribution >= 0.6 is 23.2 Å².